The summed E-state index contributed by atoms with van der Waals surface area (Å²) in [5.41, 5.74) is 17.3. The molecular formula is C48H25BN2. The molecule has 3 heteroatoms. The molecule has 2 nitrogen and oxygen atoms in total. The van der Waals surface area contributed by atoms with Crippen molar-refractivity contribution in [2.45, 2.75) is 0 Å². The van der Waals surface area contributed by atoms with Crippen molar-refractivity contribution >= 4 is 93.7 Å². The van der Waals surface area contributed by atoms with E-state index >= 15 is 0 Å². The molecule has 9 aromatic carbocycles. The second kappa shape index (κ2) is 8.41. The molecule has 0 fully saturated rings. The Morgan fingerprint density at radius 2 is 1.02 bits per heavy atom. The van der Waals surface area contributed by atoms with E-state index in [1.807, 2.05) is 0 Å². The van der Waals surface area contributed by atoms with Gasteiger partial charge in [-0.1, -0.05) is 127 Å². The minimum absolute atomic E-state index is 0.00890. The standard InChI is InChI=1S/C48H25BN2/c1-4-15-30-26(11-1)23-36-42-29-14-3-2-12-27(29)25-40-46(42)49(51-38-21-8-7-18-35(38)43(30)47(36)51)37-24-28-13-9-19-33-31-16-5-6-17-32(31)34-20-10-22-39-44(34)45(41(28)33)48(37)50(39)40/h1-25H. The van der Waals surface area contributed by atoms with Crippen molar-refractivity contribution in [3.8, 4) is 39.1 Å². The molecule has 0 N–H and O–H groups in total. The molecule has 2 aromatic heterocycles. The van der Waals surface area contributed by atoms with Crippen LogP contribution in [-0.4, -0.2) is 15.9 Å². The predicted octanol–water partition coefficient (Wildman–Crippen LogP) is 10.9. The van der Waals surface area contributed by atoms with E-state index in [2.05, 4.69) is 161 Å². The number of nitrogens with zero attached hydrogens (tertiary/aromatic N) is 2. The van der Waals surface area contributed by atoms with Crippen molar-refractivity contribution < 1.29 is 0 Å². The fourth-order valence-corrected chi connectivity index (χ4v) is 10.8. The molecule has 1 aliphatic carbocycles. The van der Waals surface area contributed by atoms with E-state index in [-0.39, 0.29) is 6.85 Å². The Labute approximate surface area is 292 Å². The minimum Gasteiger partial charge on any atom is -0.375 e. The zero-order chi connectivity index (χ0) is 32.7. The maximum Gasteiger partial charge on any atom is 0.333 e. The number of hydrogen-bond acceptors (Lipinski definition) is 0. The van der Waals surface area contributed by atoms with Gasteiger partial charge in [0.05, 0.1) is 11.0 Å². The third-order valence-corrected chi connectivity index (χ3v) is 12.5. The molecule has 0 amide bonds. The quantitative estimate of drug-likeness (QED) is 0.146. The molecule has 0 saturated heterocycles. The van der Waals surface area contributed by atoms with Gasteiger partial charge >= 0.3 is 6.85 Å². The summed E-state index contributed by atoms with van der Waals surface area (Å²) in [5, 5.41) is 13.3. The van der Waals surface area contributed by atoms with E-state index in [0.717, 1.165) is 0 Å². The first-order valence-corrected chi connectivity index (χ1v) is 18.0. The molecule has 0 radical (unpaired) electrons. The maximum atomic E-state index is 2.72. The Hall–Kier alpha value is -6.58. The molecule has 51 heavy (non-hydrogen) atoms. The van der Waals surface area contributed by atoms with E-state index in [4.69, 9.17) is 0 Å². The lowest BCUT2D eigenvalue weighted by Crippen LogP contribution is -2.55. The van der Waals surface area contributed by atoms with Gasteiger partial charge in [-0.2, -0.15) is 0 Å². The van der Waals surface area contributed by atoms with Crippen LogP contribution in [-0.2, 0) is 0 Å². The SMILES string of the molecule is c1ccc2c(c1)-c1cccc3cc4c5c(c13)c1c-2cccc1n5-c1cc2ccccc2c2c1B4n1c3ccccc3c3c4ccccc4cc-2c31. The molecule has 0 unspecified atom stereocenters. The van der Waals surface area contributed by atoms with Crippen LogP contribution in [0.5, 0.6) is 0 Å². The van der Waals surface area contributed by atoms with Crippen molar-refractivity contribution in [3.63, 3.8) is 0 Å². The smallest absolute Gasteiger partial charge is 0.333 e. The van der Waals surface area contributed by atoms with Crippen molar-refractivity contribution in [3.05, 3.63) is 152 Å². The van der Waals surface area contributed by atoms with Gasteiger partial charge in [0.2, 0.25) is 0 Å². The van der Waals surface area contributed by atoms with Crippen LogP contribution in [0, 0.1) is 0 Å². The Kier molecular flexibility index (Phi) is 4.19. The zero-order valence-electron chi connectivity index (χ0n) is 27.4. The number of fused-ring (bicyclic) bond motifs is 15. The Bertz CT molecular complexity index is 3490. The first-order chi connectivity index (χ1) is 25.3. The lowest BCUT2D eigenvalue weighted by molar-refractivity contribution is 1.18. The first-order valence-electron chi connectivity index (χ1n) is 18.0. The predicted molar refractivity (Wildman–Crippen MR) is 217 cm³/mol. The maximum absolute atomic E-state index is 2.72. The summed E-state index contributed by atoms with van der Waals surface area (Å²) in [6.07, 6.45) is 0. The van der Waals surface area contributed by atoms with Crippen molar-refractivity contribution in [1.82, 2.24) is 9.05 Å². The third kappa shape index (κ3) is 2.72. The lowest BCUT2D eigenvalue weighted by Gasteiger charge is -2.35. The molecular weight excluding hydrogens is 615 g/mol. The van der Waals surface area contributed by atoms with Crippen molar-refractivity contribution in [1.29, 1.82) is 0 Å². The Balaban J connectivity index is 1.31. The van der Waals surface area contributed by atoms with Crippen LogP contribution in [0.3, 0.4) is 0 Å². The molecule has 11 aromatic rings. The molecule has 3 aliphatic rings. The van der Waals surface area contributed by atoms with E-state index in [1.54, 1.807) is 0 Å². The molecule has 4 heterocycles. The first kappa shape index (κ1) is 25.4. The lowest BCUT2D eigenvalue weighted by atomic mass is 9.45. The number of aromatic nitrogens is 2. The fraction of sp³-hybridized carbons (Fsp3) is 0. The van der Waals surface area contributed by atoms with Crippen LogP contribution < -0.4 is 10.9 Å². The van der Waals surface area contributed by atoms with Crippen molar-refractivity contribution in [2.75, 3.05) is 0 Å². The molecule has 0 atom stereocenters. The number of hydrogen-bond donors (Lipinski definition) is 0. The summed E-state index contributed by atoms with van der Waals surface area (Å²) < 4.78 is 5.36. The highest BCUT2D eigenvalue weighted by Gasteiger charge is 2.43. The topological polar surface area (TPSA) is 9.86 Å². The number of benzene rings is 9. The van der Waals surface area contributed by atoms with Gasteiger partial charge in [-0.25, -0.2) is 0 Å². The summed E-state index contributed by atoms with van der Waals surface area (Å²) in [4.78, 5) is 0. The molecule has 2 aliphatic heterocycles. The van der Waals surface area contributed by atoms with E-state index in [1.165, 1.54) is 126 Å². The average molecular weight is 641 g/mol. The van der Waals surface area contributed by atoms with Gasteiger partial charge in [-0.3, -0.25) is 0 Å². The number of rotatable bonds is 0. The van der Waals surface area contributed by atoms with Gasteiger partial charge in [0, 0.05) is 43.8 Å². The normalized spacial score (nSPS) is 13.5. The summed E-state index contributed by atoms with van der Waals surface area (Å²) in [7, 11) is 0. The van der Waals surface area contributed by atoms with Gasteiger partial charge in [-0.05, 0) is 95.3 Å². The van der Waals surface area contributed by atoms with Gasteiger partial charge in [0.1, 0.15) is 0 Å². The van der Waals surface area contributed by atoms with E-state index < -0.39 is 0 Å². The second-order valence-corrected chi connectivity index (χ2v) is 14.7. The van der Waals surface area contributed by atoms with E-state index in [9.17, 15) is 0 Å². The van der Waals surface area contributed by atoms with Gasteiger partial charge < -0.3 is 9.05 Å². The van der Waals surface area contributed by atoms with Crippen LogP contribution in [0.2, 0.25) is 0 Å². The van der Waals surface area contributed by atoms with Crippen LogP contribution >= 0.6 is 0 Å². The van der Waals surface area contributed by atoms with Crippen molar-refractivity contribution in [2.24, 2.45) is 0 Å². The Morgan fingerprint density at radius 1 is 0.392 bits per heavy atom. The van der Waals surface area contributed by atoms with Crippen LogP contribution in [0.1, 0.15) is 0 Å². The highest BCUT2D eigenvalue weighted by molar-refractivity contribution is 6.90. The molecule has 14 rings (SSSR count). The molecule has 0 bridgehead atoms. The molecule has 0 spiro atoms. The van der Waals surface area contributed by atoms with Gasteiger partial charge in [0.25, 0.3) is 0 Å². The molecule has 0 saturated carbocycles. The van der Waals surface area contributed by atoms with Gasteiger partial charge in [-0.15, -0.1) is 0 Å². The summed E-state index contributed by atoms with van der Waals surface area (Å²) in [5.74, 6) is 0. The highest BCUT2D eigenvalue weighted by atomic mass is 15.0. The highest BCUT2D eigenvalue weighted by Crippen LogP contribution is 2.52. The van der Waals surface area contributed by atoms with Crippen LogP contribution in [0.4, 0.5) is 0 Å². The Morgan fingerprint density at radius 3 is 1.86 bits per heavy atom. The third-order valence-electron chi connectivity index (χ3n) is 12.5. The number of para-hydroxylation sites is 1. The van der Waals surface area contributed by atoms with Gasteiger partial charge in [0.15, 0.2) is 0 Å². The monoisotopic (exact) mass is 640 g/mol. The zero-order valence-corrected chi connectivity index (χ0v) is 27.4. The van der Waals surface area contributed by atoms with E-state index in [0.29, 0.717) is 0 Å². The van der Waals surface area contributed by atoms with Crippen LogP contribution in [0.15, 0.2) is 152 Å². The fourth-order valence-electron chi connectivity index (χ4n) is 10.8. The summed E-state index contributed by atoms with van der Waals surface area (Å²) in [6.45, 7) is 0.00890. The second-order valence-electron chi connectivity index (χ2n) is 14.7. The minimum atomic E-state index is 0.00890. The molecule has 230 valence electrons. The largest absolute Gasteiger partial charge is 0.375 e. The summed E-state index contributed by atoms with van der Waals surface area (Å²) in [6, 6.07) is 57.6. The summed E-state index contributed by atoms with van der Waals surface area (Å²) >= 11 is 0. The van der Waals surface area contributed by atoms with Crippen LogP contribution in [0.25, 0.3) is 115 Å². The average Bonchev–Trinajstić information content (AvgIpc) is 3.68.